The van der Waals surface area contributed by atoms with Crippen LogP contribution >= 0.6 is 22.7 Å². The van der Waals surface area contributed by atoms with Gasteiger partial charge in [0.25, 0.3) is 0 Å². The summed E-state index contributed by atoms with van der Waals surface area (Å²) in [6.07, 6.45) is 3.90. The molecule has 2 aliphatic rings. The molecule has 0 amide bonds. The predicted molar refractivity (Wildman–Crippen MR) is 96.9 cm³/mol. The molecule has 1 fully saturated rings. The second-order valence-electron chi connectivity index (χ2n) is 7.11. The zero-order valence-corrected chi connectivity index (χ0v) is 15.1. The number of rotatable bonds is 2. The predicted octanol–water partition coefficient (Wildman–Crippen LogP) is 5.27. The van der Waals surface area contributed by atoms with Gasteiger partial charge < -0.3 is 9.84 Å². The van der Waals surface area contributed by atoms with Gasteiger partial charge in [-0.25, -0.2) is 0 Å². The summed E-state index contributed by atoms with van der Waals surface area (Å²) < 4.78 is 6.21. The zero-order chi connectivity index (χ0) is 16.0. The van der Waals surface area contributed by atoms with Crippen molar-refractivity contribution in [2.75, 3.05) is 6.61 Å². The van der Waals surface area contributed by atoms with Crippen molar-refractivity contribution in [1.82, 2.24) is 0 Å². The maximum Gasteiger partial charge on any atom is 0.0954 e. The number of thiophene rings is 2. The van der Waals surface area contributed by atoms with Crippen molar-refractivity contribution in [1.29, 1.82) is 0 Å². The highest BCUT2D eigenvalue weighted by Gasteiger charge is 2.44. The van der Waals surface area contributed by atoms with Gasteiger partial charge in [-0.2, -0.15) is 0 Å². The lowest BCUT2D eigenvalue weighted by Gasteiger charge is -2.46. The van der Waals surface area contributed by atoms with Gasteiger partial charge in [0.1, 0.15) is 0 Å². The van der Waals surface area contributed by atoms with Crippen LogP contribution in [0.4, 0.5) is 0 Å². The van der Waals surface area contributed by atoms with E-state index < -0.39 is 0 Å². The van der Waals surface area contributed by atoms with E-state index >= 15 is 0 Å². The fourth-order valence-corrected chi connectivity index (χ4v) is 5.60. The van der Waals surface area contributed by atoms with Gasteiger partial charge in [0.2, 0.25) is 0 Å². The summed E-state index contributed by atoms with van der Waals surface area (Å²) in [6, 6.07) is 8.70. The summed E-state index contributed by atoms with van der Waals surface area (Å²) in [5, 5.41) is 12.4. The average Bonchev–Trinajstić information content (AvgIpc) is 3.21. The molecular formula is C19H22O2S2. The molecule has 23 heavy (non-hydrogen) atoms. The Bertz CT molecular complexity index is 712. The number of hydrogen-bond donors (Lipinski definition) is 1. The van der Waals surface area contributed by atoms with Crippen molar-refractivity contribution < 1.29 is 9.84 Å². The summed E-state index contributed by atoms with van der Waals surface area (Å²) in [6.45, 7) is 5.05. The molecule has 0 unspecified atom stereocenters. The third-order valence-corrected chi connectivity index (χ3v) is 7.64. The summed E-state index contributed by atoms with van der Waals surface area (Å²) in [4.78, 5) is 3.97. The van der Waals surface area contributed by atoms with Gasteiger partial charge >= 0.3 is 0 Å². The molecule has 2 aromatic rings. The standard InChI is InChI=1S/C19H22O2S2/c1-19(2)13-11-21-14(10-12(13)5-8-18(19)20)15-6-7-17(23-15)16-4-3-9-22-16/h3-7,9,13-14,18,20H,8,10-11H2,1-2H3/t13-,14-,18+/m0/s1. The minimum absolute atomic E-state index is 0.0906. The van der Waals surface area contributed by atoms with E-state index in [0.29, 0.717) is 12.5 Å². The van der Waals surface area contributed by atoms with Crippen molar-refractivity contribution in [3.63, 3.8) is 0 Å². The quantitative estimate of drug-likeness (QED) is 0.751. The van der Waals surface area contributed by atoms with E-state index in [-0.39, 0.29) is 17.6 Å². The Labute approximate surface area is 145 Å². The van der Waals surface area contributed by atoms with Crippen molar-refractivity contribution in [3.05, 3.63) is 46.2 Å². The van der Waals surface area contributed by atoms with Crippen LogP contribution in [-0.4, -0.2) is 17.8 Å². The number of hydrogen-bond acceptors (Lipinski definition) is 4. The summed E-state index contributed by atoms with van der Waals surface area (Å²) >= 11 is 3.63. The molecule has 122 valence electrons. The maximum atomic E-state index is 10.3. The van der Waals surface area contributed by atoms with Gasteiger partial charge in [-0.15, -0.1) is 22.7 Å². The van der Waals surface area contributed by atoms with Crippen LogP contribution in [0, 0.1) is 11.3 Å². The van der Waals surface area contributed by atoms with E-state index in [2.05, 4.69) is 49.6 Å². The number of aliphatic hydroxyl groups is 1. The first-order valence-corrected chi connectivity index (χ1v) is 9.87. The Balaban J connectivity index is 1.55. The molecule has 0 radical (unpaired) electrons. The summed E-state index contributed by atoms with van der Waals surface area (Å²) in [5.41, 5.74) is 1.38. The fourth-order valence-electron chi connectivity index (χ4n) is 3.71. The molecule has 1 aliphatic carbocycles. The SMILES string of the molecule is CC1(C)[C@H](O)CC=C2C[C@@H](c3ccc(-c4cccs4)s3)OC[C@@H]21. The van der Waals surface area contributed by atoms with Crippen molar-refractivity contribution >= 4 is 22.7 Å². The molecule has 2 nitrogen and oxygen atoms in total. The highest BCUT2D eigenvalue weighted by Crippen LogP contribution is 2.49. The maximum absolute atomic E-state index is 10.3. The van der Waals surface area contributed by atoms with E-state index in [1.807, 2.05) is 11.3 Å². The second kappa shape index (κ2) is 5.85. The molecule has 2 aromatic heterocycles. The Morgan fingerprint density at radius 3 is 2.87 bits per heavy atom. The Kier molecular flexibility index (Phi) is 3.96. The van der Waals surface area contributed by atoms with Crippen LogP contribution in [0.5, 0.6) is 0 Å². The van der Waals surface area contributed by atoms with Crippen LogP contribution in [0.15, 0.2) is 41.3 Å². The molecule has 1 saturated heterocycles. The first-order valence-electron chi connectivity index (χ1n) is 8.18. The lowest BCUT2D eigenvalue weighted by atomic mass is 9.65. The van der Waals surface area contributed by atoms with Crippen molar-refractivity contribution in [2.24, 2.45) is 11.3 Å². The van der Waals surface area contributed by atoms with Gasteiger partial charge in [-0.3, -0.25) is 0 Å². The molecule has 3 heterocycles. The molecule has 3 atom stereocenters. The molecule has 1 N–H and O–H groups in total. The Morgan fingerprint density at radius 1 is 1.22 bits per heavy atom. The summed E-state index contributed by atoms with van der Waals surface area (Å²) in [7, 11) is 0. The molecule has 0 bridgehead atoms. The summed E-state index contributed by atoms with van der Waals surface area (Å²) in [5.74, 6) is 0.347. The van der Waals surface area contributed by atoms with Crippen molar-refractivity contribution in [3.8, 4) is 9.75 Å². The zero-order valence-electron chi connectivity index (χ0n) is 13.5. The first-order chi connectivity index (χ1) is 11.1. The first kappa shape index (κ1) is 15.6. The van der Waals surface area contributed by atoms with Gasteiger partial charge in [0, 0.05) is 20.5 Å². The van der Waals surface area contributed by atoms with Crippen LogP contribution in [-0.2, 0) is 4.74 Å². The van der Waals surface area contributed by atoms with Gasteiger partial charge in [0.15, 0.2) is 0 Å². The van der Waals surface area contributed by atoms with E-state index in [1.54, 1.807) is 11.3 Å². The Morgan fingerprint density at radius 2 is 2.09 bits per heavy atom. The second-order valence-corrected chi connectivity index (χ2v) is 9.17. The Hall–Kier alpha value is -0.940. The van der Waals surface area contributed by atoms with E-state index in [0.717, 1.165) is 12.8 Å². The fraction of sp³-hybridized carbons (Fsp3) is 0.474. The molecular weight excluding hydrogens is 324 g/mol. The van der Waals surface area contributed by atoms with Gasteiger partial charge in [-0.1, -0.05) is 31.6 Å². The van der Waals surface area contributed by atoms with Crippen LogP contribution in [0.3, 0.4) is 0 Å². The number of aliphatic hydroxyl groups excluding tert-OH is 1. The minimum atomic E-state index is -0.261. The highest BCUT2D eigenvalue weighted by atomic mass is 32.1. The van der Waals surface area contributed by atoms with Crippen LogP contribution in [0.2, 0.25) is 0 Å². The lowest BCUT2D eigenvalue weighted by molar-refractivity contribution is -0.0672. The molecule has 0 aromatic carbocycles. The topological polar surface area (TPSA) is 29.5 Å². The van der Waals surface area contributed by atoms with Crippen LogP contribution in [0.25, 0.3) is 9.75 Å². The highest BCUT2D eigenvalue weighted by molar-refractivity contribution is 7.21. The smallest absolute Gasteiger partial charge is 0.0954 e. The number of fused-ring (bicyclic) bond motifs is 1. The average molecular weight is 347 g/mol. The molecule has 4 rings (SSSR count). The van der Waals surface area contributed by atoms with E-state index in [4.69, 9.17) is 4.74 Å². The number of ether oxygens (including phenoxy) is 1. The monoisotopic (exact) mass is 346 g/mol. The molecule has 4 heteroatoms. The van der Waals surface area contributed by atoms with Crippen LogP contribution in [0.1, 0.15) is 37.7 Å². The molecule has 1 aliphatic heterocycles. The normalized spacial score (nSPS) is 29.9. The lowest BCUT2D eigenvalue weighted by Crippen LogP contribution is -2.44. The third kappa shape index (κ3) is 2.72. The third-order valence-electron chi connectivity index (χ3n) is 5.40. The molecule has 0 saturated carbocycles. The molecule has 0 spiro atoms. The van der Waals surface area contributed by atoms with Crippen molar-refractivity contribution in [2.45, 2.75) is 38.9 Å². The van der Waals surface area contributed by atoms with Gasteiger partial charge in [0.05, 0.1) is 18.8 Å². The minimum Gasteiger partial charge on any atom is -0.392 e. The van der Waals surface area contributed by atoms with Crippen LogP contribution < -0.4 is 0 Å². The van der Waals surface area contributed by atoms with E-state index in [1.165, 1.54) is 20.2 Å². The van der Waals surface area contributed by atoms with Gasteiger partial charge in [-0.05, 0) is 41.8 Å². The van der Waals surface area contributed by atoms with E-state index in [9.17, 15) is 5.11 Å². The largest absolute Gasteiger partial charge is 0.392 e.